The zero-order valence-electron chi connectivity index (χ0n) is 7.84. The number of rotatable bonds is 3. The van der Waals surface area contributed by atoms with Crippen molar-refractivity contribution in [3.63, 3.8) is 0 Å². The minimum Gasteiger partial charge on any atom is -0.301 e. The van der Waals surface area contributed by atoms with E-state index in [0.717, 1.165) is 5.69 Å². The van der Waals surface area contributed by atoms with Crippen molar-refractivity contribution in [2.75, 3.05) is 11.2 Å². The molecule has 0 radical (unpaired) electrons. The van der Waals surface area contributed by atoms with Gasteiger partial charge in [0.25, 0.3) is 0 Å². The Labute approximate surface area is 91.5 Å². The molecule has 0 bridgehead atoms. The van der Waals surface area contributed by atoms with Gasteiger partial charge in [-0.25, -0.2) is 4.98 Å². The molecule has 2 rings (SSSR count). The first-order valence-corrected chi connectivity index (χ1v) is 5.89. The normalized spacial score (nSPS) is 15.6. The molecule has 5 heteroatoms. The summed E-state index contributed by atoms with van der Waals surface area (Å²) < 4.78 is 0. The summed E-state index contributed by atoms with van der Waals surface area (Å²) in [4.78, 5) is 16.6. The van der Waals surface area contributed by atoms with Gasteiger partial charge in [0.2, 0.25) is 5.91 Å². The highest BCUT2D eigenvalue weighted by atomic mass is 35.5. The van der Waals surface area contributed by atoms with Gasteiger partial charge in [-0.15, -0.1) is 22.9 Å². The number of aryl methyl sites for hydroxylation is 1. The van der Waals surface area contributed by atoms with Crippen LogP contribution in [0.15, 0.2) is 0 Å². The topological polar surface area (TPSA) is 42.0 Å². The monoisotopic (exact) mass is 230 g/mol. The third-order valence-electron chi connectivity index (χ3n) is 2.16. The van der Waals surface area contributed by atoms with Crippen LogP contribution in [0.3, 0.4) is 0 Å². The molecule has 1 aromatic rings. The Balaban J connectivity index is 2.11. The smallest absolute Gasteiger partial charge is 0.241 e. The first-order valence-electron chi connectivity index (χ1n) is 4.54. The number of halogens is 1. The van der Waals surface area contributed by atoms with Crippen LogP contribution in [0.4, 0.5) is 5.13 Å². The van der Waals surface area contributed by atoms with Crippen molar-refractivity contribution in [2.45, 2.75) is 25.7 Å². The van der Waals surface area contributed by atoms with Crippen LogP contribution in [-0.2, 0) is 4.79 Å². The predicted molar refractivity (Wildman–Crippen MR) is 58.2 cm³/mol. The molecule has 0 spiro atoms. The average Bonchev–Trinajstić information content (AvgIpc) is 2.92. The van der Waals surface area contributed by atoms with E-state index in [1.165, 1.54) is 29.1 Å². The maximum Gasteiger partial charge on any atom is 0.241 e. The van der Waals surface area contributed by atoms with Crippen LogP contribution in [0.25, 0.3) is 0 Å². The van der Waals surface area contributed by atoms with Crippen molar-refractivity contribution in [2.24, 2.45) is 0 Å². The summed E-state index contributed by atoms with van der Waals surface area (Å²) in [5.74, 6) is 0.424. The summed E-state index contributed by atoms with van der Waals surface area (Å²) in [5.41, 5.74) is 1.15. The Bertz CT molecular complexity index is 360. The fraction of sp³-hybridized carbons (Fsp3) is 0.556. The molecule has 1 amide bonds. The Morgan fingerprint density at radius 3 is 3.00 bits per heavy atom. The molecule has 1 aliphatic carbocycles. The van der Waals surface area contributed by atoms with E-state index < -0.39 is 0 Å². The Morgan fingerprint density at radius 1 is 1.71 bits per heavy atom. The fourth-order valence-corrected chi connectivity index (χ4v) is 2.33. The fourth-order valence-electron chi connectivity index (χ4n) is 1.35. The number of anilines is 1. The molecule has 0 saturated heterocycles. The van der Waals surface area contributed by atoms with Crippen LogP contribution < -0.4 is 5.32 Å². The van der Waals surface area contributed by atoms with Gasteiger partial charge in [-0.2, -0.15) is 0 Å². The van der Waals surface area contributed by atoms with Gasteiger partial charge in [-0.05, 0) is 19.8 Å². The first-order chi connectivity index (χ1) is 6.70. The molecular weight excluding hydrogens is 220 g/mol. The van der Waals surface area contributed by atoms with E-state index in [2.05, 4.69) is 10.3 Å². The molecule has 0 aliphatic heterocycles. The number of hydrogen-bond acceptors (Lipinski definition) is 3. The molecule has 0 atom stereocenters. The van der Waals surface area contributed by atoms with E-state index in [1.54, 1.807) is 0 Å². The molecule has 0 aromatic carbocycles. The molecule has 1 fully saturated rings. The molecule has 1 aromatic heterocycles. The van der Waals surface area contributed by atoms with Gasteiger partial charge in [0.15, 0.2) is 5.13 Å². The van der Waals surface area contributed by atoms with Crippen molar-refractivity contribution in [3.8, 4) is 0 Å². The molecular formula is C9H11ClN2OS. The van der Waals surface area contributed by atoms with Crippen molar-refractivity contribution < 1.29 is 4.79 Å². The second kappa shape index (κ2) is 3.87. The molecule has 0 unspecified atom stereocenters. The number of aromatic nitrogens is 1. The number of amides is 1. The Hall–Kier alpha value is -0.610. The molecule has 1 heterocycles. The van der Waals surface area contributed by atoms with Gasteiger partial charge in [0.05, 0.1) is 5.69 Å². The van der Waals surface area contributed by atoms with E-state index in [4.69, 9.17) is 11.6 Å². The molecule has 14 heavy (non-hydrogen) atoms. The van der Waals surface area contributed by atoms with Gasteiger partial charge in [0, 0.05) is 10.8 Å². The largest absolute Gasteiger partial charge is 0.301 e. The summed E-state index contributed by atoms with van der Waals surface area (Å²) in [6.45, 7) is 2.04. The van der Waals surface area contributed by atoms with Crippen molar-refractivity contribution in [1.82, 2.24) is 4.98 Å². The Morgan fingerprint density at radius 2 is 2.43 bits per heavy atom. The second-order valence-corrected chi connectivity index (χ2v) is 4.89. The highest BCUT2D eigenvalue weighted by Gasteiger charge is 2.28. The van der Waals surface area contributed by atoms with Crippen LogP contribution in [0, 0.1) is 6.92 Å². The molecule has 1 N–H and O–H groups in total. The van der Waals surface area contributed by atoms with E-state index in [0.29, 0.717) is 11.0 Å². The summed E-state index contributed by atoms with van der Waals surface area (Å²) in [6.07, 6.45) is 2.46. The highest BCUT2D eigenvalue weighted by Crippen LogP contribution is 2.43. The molecule has 1 aliphatic rings. The standard InChI is InChI=1S/C9H11ClN2OS/c1-5-8(6-2-3-6)12-9(14-5)11-7(13)4-10/h6H,2-4H2,1H3,(H,11,12,13). The number of thiazole rings is 1. The maximum absolute atomic E-state index is 11.0. The molecule has 76 valence electrons. The van der Waals surface area contributed by atoms with Crippen molar-refractivity contribution >= 4 is 34.0 Å². The summed E-state index contributed by atoms with van der Waals surface area (Å²) in [7, 11) is 0. The summed E-state index contributed by atoms with van der Waals surface area (Å²) >= 11 is 6.91. The predicted octanol–water partition coefficient (Wildman–Crippen LogP) is 2.51. The third-order valence-corrected chi connectivity index (χ3v) is 3.31. The number of carbonyl (C=O) groups excluding carboxylic acids is 1. The molecule has 1 saturated carbocycles. The minimum absolute atomic E-state index is 0.0165. The number of carbonyl (C=O) groups is 1. The van der Waals surface area contributed by atoms with Gasteiger partial charge in [-0.3, -0.25) is 4.79 Å². The van der Waals surface area contributed by atoms with Crippen LogP contribution in [-0.4, -0.2) is 16.8 Å². The highest BCUT2D eigenvalue weighted by molar-refractivity contribution is 7.15. The first kappa shape index (κ1) is 9.93. The zero-order chi connectivity index (χ0) is 10.1. The van der Waals surface area contributed by atoms with E-state index in [1.807, 2.05) is 6.92 Å². The average molecular weight is 231 g/mol. The van der Waals surface area contributed by atoms with Crippen LogP contribution >= 0.6 is 22.9 Å². The van der Waals surface area contributed by atoms with E-state index in [-0.39, 0.29) is 11.8 Å². The van der Waals surface area contributed by atoms with Crippen LogP contribution in [0.1, 0.15) is 29.3 Å². The quantitative estimate of drug-likeness (QED) is 0.811. The molecule has 3 nitrogen and oxygen atoms in total. The number of nitrogens with zero attached hydrogens (tertiary/aromatic N) is 1. The lowest BCUT2D eigenvalue weighted by Crippen LogP contribution is -2.12. The lowest BCUT2D eigenvalue weighted by atomic mass is 10.3. The van der Waals surface area contributed by atoms with E-state index in [9.17, 15) is 4.79 Å². The lowest BCUT2D eigenvalue weighted by molar-refractivity contribution is -0.113. The van der Waals surface area contributed by atoms with Crippen LogP contribution in [0.5, 0.6) is 0 Å². The maximum atomic E-state index is 11.0. The van der Waals surface area contributed by atoms with E-state index >= 15 is 0 Å². The van der Waals surface area contributed by atoms with Crippen molar-refractivity contribution in [1.29, 1.82) is 0 Å². The van der Waals surface area contributed by atoms with Crippen molar-refractivity contribution in [3.05, 3.63) is 10.6 Å². The van der Waals surface area contributed by atoms with Gasteiger partial charge >= 0.3 is 0 Å². The SMILES string of the molecule is Cc1sc(NC(=O)CCl)nc1C1CC1. The van der Waals surface area contributed by atoms with Gasteiger partial charge < -0.3 is 5.32 Å². The summed E-state index contributed by atoms with van der Waals surface area (Å²) in [6, 6.07) is 0. The second-order valence-electron chi connectivity index (χ2n) is 3.42. The summed E-state index contributed by atoms with van der Waals surface area (Å²) in [5, 5.41) is 3.35. The Kier molecular flexibility index (Phi) is 2.74. The van der Waals surface area contributed by atoms with Gasteiger partial charge in [-0.1, -0.05) is 0 Å². The van der Waals surface area contributed by atoms with Gasteiger partial charge in [0.1, 0.15) is 5.88 Å². The number of hydrogen-bond donors (Lipinski definition) is 1. The number of nitrogens with one attached hydrogen (secondary N) is 1. The third kappa shape index (κ3) is 2.07. The zero-order valence-corrected chi connectivity index (χ0v) is 9.41. The minimum atomic E-state index is -0.192. The lowest BCUT2D eigenvalue weighted by Gasteiger charge is -1.95. The number of alkyl halides is 1. The van der Waals surface area contributed by atoms with Crippen LogP contribution in [0.2, 0.25) is 0 Å².